The highest BCUT2D eigenvalue weighted by molar-refractivity contribution is 7.10. The first-order valence-corrected chi connectivity index (χ1v) is 5.52. The van der Waals surface area contributed by atoms with Crippen LogP contribution in [-0.2, 0) is 0 Å². The van der Waals surface area contributed by atoms with Crippen LogP contribution in [0.3, 0.4) is 0 Å². The van der Waals surface area contributed by atoms with Crippen LogP contribution in [0.2, 0.25) is 0 Å². The zero-order valence-corrected chi connectivity index (χ0v) is 9.24. The molecule has 1 aliphatic carbocycles. The maximum atomic E-state index is 8.91. The van der Waals surface area contributed by atoms with Crippen LogP contribution in [0.25, 0.3) is 0 Å². The molecule has 1 aromatic rings. The molecular weight excluding hydrogens is 194 g/mol. The molecule has 0 amide bonds. The molecule has 1 aliphatic rings. The number of nitriles is 1. The molecule has 1 fully saturated rings. The van der Waals surface area contributed by atoms with E-state index in [0.717, 1.165) is 17.2 Å². The van der Waals surface area contributed by atoms with E-state index in [2.05, 4.69) is 22.7 Å². The minimum absolute atomic E-state index is 0.463. The van der Waals surface area contributed by atoms with Gasteiger partial charge in [-0.3, -0.25) is 0 Å². The van der Waals surface area contributed by atoms with Crippen molar-refractivity contribution in [2.45, 2.75) is 26.7 Å². The van der Waals surface area contributed by atoms with E-state index in [-0.39, 0.29) is 0 Å². The molecule has 0 radical (unpaired) electrons. The lowest BCUT2D eigenvalue weighted by Crippen LogP contribution is -2.11. The third-order valence-electron chi connectivity index (χ3n) is 2.75. The van der Waals surface area contributed by atoms with E-state index in [4.69, 9.17) is 5.26 Å². The van der Waals surface area contributed by atoms with Crippen LogP contribution in [0, 0.1) is 23.7 Å². The van der Waals surface area contributed by atoms with Gasteiger partial charge < -0.3 is 5.32 Å². The van der Waals surface area contributed by atoms with Gasteiger partial charge in [0.2, 0.25) is 0 Å². The Bertz CT molecular complexity index is 385. The largest absolute Gasteiger partial charge is 0.374 e. The van der Waals surface area contributed by atoms with E-state index in [0.29, 0.717) is 11.0 Å². The van der Waals surface area contributed by atoms with E-state index in [1.807, 2.05) is 6.92 Å². The van der Waals surface area contributed by atoms with Gasteiger partial charge in [0.1, 0.15) is 16.6 Å². The summed E-state index contributed by atoms with van der Waals surface area (Å²) in [4.78, 5) is 0. The average molecular weight is 207 g/mol. The minimum atomic E-state index is 0.463. The molecule has 1 N–H and O–H groups in total. The van der Waals surface area contributed by atoms with Crippen molar-refractivity contribution in [2.24, 2.45) is 5.41 Å². The Morgan fingerprint density at radius 2 is 2.36 bits per heavy atom. The summed E-state index contributed by atoms with van der Waals surface area (Å²) in [5.41, 5.74) is 2.00. The zero-order valence-electron chi connectivity index (χ0n) is 8.42. The maximum Gasteiger partial charge on any atom is 0.127 e. The highest BCUT2D eigenvalue weighted by Gasteiger charge is 2.37. The number of aryl methyl sites for hydroxylation is 1. The van der Waals surface area contributed by atoms with Gasteiger partial charge in [-0.2, -0.15) is 9.64 Å². The van der Waals surface area contributed by atoms with Crippen LogP contribution >= 0.6 is 11.5 Å². The monoisotopic (exact) mass is 207 g/mol. The molecule has 0 spiro atoms. The zero-order chi connectivity index (χ0) is 10.2. The minimum Gasteiger partial charge on any atom is -0.374 e. The number of nitrogens with one attached hydrogen (secondary N) is 1. The van der Waals surface area contributed by atoms with Crippen molar-refractivity contribution in [3.8, 4) is 6.07 Å². The lowest BCUT2D eigenvalue weighted by Gasteiger charge is -2.08. The van der Waals surface area contributed by atoms with E-state index >= 15 is 0 Å². The quantitative estimate of drug-likeness (QED) is 0.828. The van der Waals surface area contributed by atoms with Crippen molar-refractivity contribution >= 4 is 16.5 Å². The molecular formula is C10H13N3S. The van der Waals surface area contributed by atoms with Crippen molar-refractivity contribution in [1.29, 1.82) is 5.26 Å². The fourth-order valence-electron chi connectivity index (χ4n) is 1.31. The van der Waals surface area contributed by atoms with Crippen molar-refractivity contribution in [3.05, 3.63) is 11.3 Å². The number of nitrogens with zero attached hydrogens (tertiary/aromatic N) is 2. The summed E-state index contributed by atoms with van der Waals surface area (Å²) in [6.07, 6.45) is 2.58. The average Bonchev–Trinajstić information content (AvgIpc) is 2.78. The van der Waals surface area contributed by atoms with Gasteiger partial charge in [0.15, 0.2) is 0 Å². The van der Waals surface area contributed by atoms with Gasteiger partial charge in [-0.25, -0.2) is 0 Å². The Morgan fingerprint density at radius 1 is 1.64 bits per heavy atom. The third-order valence-corrected chi connectivity index (χ3v) is 3.65. The highest BCUT2D eigenvalue weighted by atomic mass is 32.1. The highest BCUT2D eigenvalue weighted by Crippen LogP contribution is 2.45. The summed E-state index contributed by atoms with van der Waals surface area (Å²) in [7, 11) is 0. The SMILES string of the molecule is Cc1nsc(NCC2(C)CC2)c1C#N. The summed E-state index contributed by atoms with van der Waals surface area (Å²) in [5, 5.41) is 13.2. The van der Waals surface area contributed by atoms with E-state index in [9.17, 15) is 0 Å². The molecule has 0 bridgehead atoms. The van der Waals surface area contributed by atoms with Crippen LogP contribution in [0.1, 0.15) is 31.0 Å². The van der Waals surface area contributed by atoms with Crippen molar-refractivity contribution in [2.75, 3.05) is 11.9 Å². The van der Waals surface area contributed by atoms with Crippen LogP contribution in [0.4, 0.5) is 5.00 Å². The molecule has 0 aromatic carbocycles. The first-order valence-electron chi connectivity index (χ1n) is 4.75. The van der Waals surface area contributed by atoms with Gasteiger partial charge in [0.25, 0.3) is 0 Å². The Balaban J connectivity index is 2.06. The predicted molar refractivity (Wildman–Crippen MR) is 57.4 cm³/mol. The Morgan fingerprint density at radius 3 is 2.93 bits per heavy atom. The smallest absolute Gasteiger partial charge is 0.127 e. The molecule has 0 saturated heterocycles. The molecule has 1 aromatic heterocycles. The van der Waals surface area contributed by atoms with Gasteiger partial charge >= 0.3 is 0 Å². The van der Waals surface area contributed by atoms with Crippen LogP contribution < -0.4 is 5.32 Å². The second kappa shape index (κ2) is 3.25. The molecule has 0 atom stereocenters. The Hall–Kier alpha value is -1.08. The van der Waals surface area contributed by atoms with Gasteiger partial charge in [-0.05, 0) is 36.7 Å². The molecule has 1 saturated carbocycles. The number of aromatic nitrogens is 1. The van der Waals surface area contributed by atoms with Crippen LogP contribution in [-0.4, -0.2) is 10.9 Å². The molecule has 74 valence electrons. The fraction of sp³-hybridized carbons (Fsp3) is 0.600. The molecule has 2 rings (SSSR count). The van der Waals surface area contributed by atoms with Gasteiger partial charge in [0.05, 0.1) is 5.69 Å². The predicted octanol–water partition coefficient (Wildman–Crippen LogP) is 2.54. The molecule has 14 heavy (non-hydrogen) atoms. The first-order chi connectivity index (χ1) is 6.64. The Labute approximate surface area is 87.9 Å². The third kappa shape index (κ3) is 1.73. The van der Waals surface area contributed by atoms with Gasteiger partial charge in [-0.15, -0.1) is 0 Å². The summed E-state index contributed by atoms with van der Waals surface area (Å²) < 4.78 is 4.17. The molecule has 3 nitrogen and oxygen atoms in total. The molecule has 0 aliphatic heterocycles. The van der Waals surface area contributed by atoms with Crippen molar-refractivity contribution in [3.63, 3.8) is 0 Å². The second-order valence-electron chi connectivity index (χ2n) is 4.25. The normalized spacial score (nSPS) is 17.5. The lowest BCUT2D eigenvalue weighted by atomic mass is 10.1. The van der Waals surface area contributed by atoms with Gasteiger partial charge in [-0.1, -0.05) is 6.92 Å². The van der Waals surface area contributed by atoms with Crippen LogP contribution in [0.15, 0.2) is 0 Å². The Kier molecular flexibility index (Phi) is 2.20. The van der Waals surface area contributed by atoms with Crippen LogP contribution in [0.5, 0.6) is 0 Å². The molecule has 1 heterocycles. The van der Waals surface area contributed by atoms with E-state index < -0.39 is 0 Å². The maximum absolute atomic E-state index is 8.91. The number of anilines is 1. The summed E-state index contributed by atoms with van der Waals surface area (Å²) in [6.45, 7) is 5.10. The van der Waals surface area contributed by atoms with Crippen molar-refractivity contribution < 1.29 is 0 Å². The van der Waals surface area contributed by atoms with E-state index in [1.165, 1.54) is 24.4 Å². The number of rotatable bonds is 3. The summed E-state index contributed by atoms with van der Waals surface area (Å²) >= 11 is 1.39. The number of hydrogen-bond donors (Lipinski definition) is 1. The number of hydrogen-bond acceptors (Lipinski definition) is 4. The lowest BCUT2D eigenvalue weighted by molar-refractivity contribution is 0.611. The van der Waals surface area contributed by atoms with E-state index in [1.54, 1.807) is 0 Å². The van der Waals surface area contributed by atoms with Crippen molar-refractivity contribution in [1.82, 2.24) is 4.37 Å². The summed E-state index contributed by atoms with van der Waals surface area (Å²) in [6, 6.07) is 2.19. The fourth-order valence-corrected chi connectivity index (χ4v) is 2.05. The second-order valence-corrected chi connectivity index (χ2v) is 5.02. The standard InChI is InChI=1S/C10H13N3S/c1-7-8(5-11)9(14-13-7)12-6-10(2)3-4-10/h12H,3-4,6H2,1-2H3. The molecule has 4 heteroatoms. The van der Waals surface area contributed by atoms with Gasteiger partial charge in [0, 0.05) is 6.54 Å². The topological polar surface area (TPSA) is 48.7 Å². The molecule has 0 unspecified atom stereocenters. The first kappa shape index (κ1) is 9.47. The summed E-state index contributed by atoms with van der Waals surface area (Å²) in [5.74, 6) is 0.